The molecule has 0 saturated heterocycles. The number of pyridine rings is 3. The Morgan fingerprint density at radius 3 is 2.63 bits per heavy atom. The van der Waals surface area contributed by atoms with Crippen molar-refractivity contribution in [2.45, 2.75) is 19.9 Å². The third-order valence-electron chi connectivity index (χ3n) is 5.73. The van der Waals surface area contributed by atoms with Crippen LogP contribution in [-0.4, -0.2) is 41.2 Å². The highest BCUT2D eigenvalue weighted by atomic mass is 19.1. The maximum atomic E-state index is 16.0. The van der Waals surface area contributed by atoms with Gasteiger partial charge < -0.3 is 10.3 Å². The highest BCUT2D eigenvalue weighted by Gasteiger charge is 2.20. The van der Waals surface area contributed by atoms with Crippen LogP contribution in [0, 0.1) is 5.82 Å². The number of anilines is 1. The summed E-state index contributed by atoms with van der Waals surface area (Å²) < 4.78 is 16.0. The molecule has 0 fully saturated rings. The lowest BCUT2D eigenvalue weighted by atomic mass is 10.0. The van der Waals surface area contributed by atoms with Gasteiger partial charge in [-0.15, -0.1) is 0 Å². The van der Waals surface area contributed by atoms with Crippen LogP contribution in [0.1, 0.15) is 13.8 Å². The fourth-order valence-corrected chi connectivity index (χ4v) is 4.23. The van der Waals surface area contributed by atoms with Gasteiger partial charge in [0.05, 0.1) is 27.8 Å². The van der Waals surface area contributed by atoms with E-state index in [-0.39, 0.29) is 11.9 Å². The monoisotopic (exact) mass is 464 g/mol. The highest BCUT2D eigenvalue weighted by molar-refractivity contribution is 5.98. The summed E-state index contributed by atoms with van der Waals surface area (Å²) in [4.78, 5) is 21.0. The molecule has 35 heavy (non-hydrogen) atoms. The molecule has 6 aromatic rings. The standard InChI is InChI=1S/C26H21FN8/c1-14(2)31-17-10-16(12-29-13-17)18-5-6-19-21(22(18)27)25(35-34-19)26-32-20-7-9-30-23(24(20)33-26)15-4-3-8-28-11-15/h3-14,31H,1-2H3,(H,32,33)(H,34,35). The van der Waals surface area contributed by atoms with Gasteiger partial charge in [-0.05, 0) is 50.2 Å². The van der Waals surface area contributed by atoms with Crippen LogP contribution in [0.5, 0.6) is 0 Å². The van der Waals surface area contributed by atoms with Crippen molar-refractivity contribution in [1.29, 1.82) is 0 Å². The fourth-order valence-electron chi connectivity index (χ4n) is 4.23. The van der Waals surface area contributed by atoms with Gasteiger partial charge in [0.25, 0.3) is 0 Å². The molecule has 0 aliphatic carbocycles. The summed E-state index contributed by atoms with van der Waals surface area (Å²) in [5.74, 6) is 0.0644. The first-order chi connectivity index (χ1) is 17.1. The lowest BCUT2D eigenvalue weighted by Gasteiger charge is -2.11. The van der Waals surface area contributed by atoms with Crippen LogP contribution >= 0.6 is 0 Å². The minimum absolute atomic E-state index is 0.235. The molecule has 0 amide bonds. The fraction of sp³-hybridized carbons (Fsp3) is 0.115. The average molecular weight is 465 g/mol. The summed E-state index contributed by atoms with van der Waals surface area (Å²) in [6, 6.07) is 11.3. The van der Waals surface area contributed by atoms with Crippen LogP contribution in [-0.2, 0) is 0 Å². The second kappa shape index (κ2) is 8.28. The highest BCUT2D eigenvalue weighted by Crippen LogP contribution is 2.35. The Morgan fingerprint density at radius 1 is 0.914 bits per heavy atom. The maximum absolute atomic E-state index is 16.0. The molecule has 8 nitrogen and oxygen atoms in total. The predicted octanol–water partition coefficient (Wildman–Crippen LogP) is 5.58. The first-order valence-electron chi connectivity index (χ1n) is 11.2. The van der Waals surface area contributed by atoms with E-state index in [4.69, 9.17) is 4.98 Å². The molecule has 0 aliphatic rings. The Balaban J connectivity index is 1.49. The summed E-state index contributed by atoms with van der Waals surface area (Å²) >= 11 is 0. The minimum atomic E-state index is -0.388. The van der Waals surface area contributed by atoms with Crippen molar-refractivity contribution in [3.8, 4) is 33.9 Å². The van der Waals surface area contributed by atoms with Crippen molar-refractivity contribution in [3.05, 3.63) is 73.2 Å². The number of H-pyrrole nitrogens is 2. The molecule has 0 aliphatic heterocycles. The van der Waals surface area contributed by atoms with E-state index in [1.54, 1.807) is 37.1 Å². The minimum Gasteiger partial charge on any atom is -0.382 e. The van der Waals surface area contributed by atoms with Gasteiger partial charge in [-0.2, -0.15) is 5.10 Å². The van der Waals surface area contributed by atoms with Gasteiger partial charge in [0.15, 0.2) is 5.82 Å². The number of rotatable bonds is 5. The predicted molar refractivity (Wildman–Crippen MR) is 134 cm³/mol. The molecule has 1 aromatic carbocycles. The quantitative estimate of drug-likeness (QED) is 0.307. The molecule has 0 bridgehead atoms. The van der Waals surface area contributed by atoms with Crippen molar-refractivity contribution in [2.75, 3.05) is 5.32 Å². The van der Waals surface area contributed by atoms with Crippen LogP contribution in [0.3, 0.4) is 0 Å². The molecule has 0 spiro atoms. The lowest BCUT2D eigenvalue weighted by molar-refractivity contribution is 0.643. The van der Waals surface area contributed by atoms with Crippen molar-refractivity contribution in [2.24, 2.45) is 0 Å². The van der Waals surface area contributed by atoms with E-state index in [2.05, 4.69) is 35.5 Å². The Morgan fingerprint density at radius 2 is 1.80 bits per heavy atom. The van der Waals surface area contributed by atoms with Crippen LogP contribution in [0.25, 0.3) is 55.8 Å². The molecular formula is C26H21FN8. The van der Waals surface area contributed by atoms with Crippen LogP contribution < -0.4 is 5.32 Å². The third-order valence-corrected chi connectivity index (χ3v) is 5.73. The number of aromatic amines is 2. The molecule has 3 N–H and O–H groups in total. The summed E-state index contributed by atoms with van der Waals surface area (Å²) in [5, 5.41) is 11.0. The van der Waals surface area contributed by atoms with Gasteiger partial charge in [0.2, 0.25) is 0 Å². The van der Waals surface area contributed by atoms with E-state index in [1.165, 1.54) is 0 Å². The van der Waals surface area contributed by atoms with Gasteiger partial charge in [-0.1, -0.05) is 0 Å². The summed E-state index contributed by atoms with van der Waals surface area (Å²) in [5.41, 5.74) is 5.91. The molecule has 6 rings (SSSR count). The van der Waals surface area contributed by atoms with E-state index in [9.17, 15) is 0 Å². The number of hydrogen-bond acceptors (Lipinski definition) is 6. The zero-order chi connectivity index (χ0) is 23.9. The molecule has 9 heteroatoms. The van der Waals surface area contributed by atoms with E-state index in [1.807, 2.05) is 44.2 Å². The topological polar surface area (TPSA) is 108 Å². The van der Waals surface area contributed by atoms with Crippen molar-refractivity contribution < 1.29 is 4.39 Å². The van der Waals surface area contributed by atoms with Gasteiger partial charge in [0.1, 0.15) is 17.0 Å². The van der Waals surface area contributed by atoms with E-state index < -0.39 is 0 Å². The molecule has 0 saturated carbocycles. The van der Waals surface area contributed by atoms with Gasteiger partial charge in [-0.25, -0.2) is 9.37 Å². The number of fused-ring (bicyclic) bond motifs is 2. The molecular weight excluding hydrogens is 443 g/mol. The van der Waals surface area contributed by atoms with Crippen molar-refractivity contribution >= 4 is 27.6 Å². The number of hydrogen-bond donors (Lipinski definition) is 3. The Hall–Kier alpha value is -4.66. The second-order valence-corrected chi connectivity index (χ2v) is 8.57. The Bertz CT molecular complexity index is 1670. The molecule has 0 atom stereocenters. The normalized spacial score (nSPS) is 11.5. The molecule has 0 unspecified atom stereocenters. The van der Waals surface area contributed by atoms with Crippen LogP contribution in [0.15, 0.2) is 67.4 Å². The van der Waals surface area contributed by atoms with E-state index >= 15 is 4.39 Å². The molecule has 5 aromatic heterocycles. The second-order valence-electron chi connectivity index (χ2n) is 8.57. The summed E-state index contributed by atoms with van der Waals surface area (Å²) in [7, 11) is 0. The largest absolute Gasteiger partial charge is 0.382 e. The average Bonchev–Trinajstić information content (AvgIpc) is 3.49. The first kappa shape index (κ1) is 20.9. The first-order valence-corrected chi connectivity index (χ1v) is 11.2. The van der Waals surface area contributed by atoms with Crippen molar-refractivity contribution in [1.82, 2.24) is 35.1 Å². The number of aromatic nitrogens is 7. The summed E-state index contributed by atoms with van der Waals surface area (Å²) in [6.45, 7) is 4.08. The SMILES string of the molecule is CC(C)Nc1cncc(-c2ccc3[nH]nc(-c4nc5c(-c6cccnc6)nccc5[nH]4)c3c2F)c1. The number of benzene rings is 1. The van der Waals surface area contributed by atoms with Crippen LogP contribution in [0.4, 0.5) is 10.1 Å². The van der Waals surface area contributed by atoms with E-state index in [0.29, 0.717) is 44.8 Å². The van der Waals surface area contributed by atoms with Gasteiger partial charge in [-0.3, -0.25) is 20.1 Å². The van der Waals surface area contributed by atoms with Gasteiger partial charge in [0, 0.05) is 53.7 Å². The molecule has 172 valence electrons. The zero-order valence-corrected chi connectivity index (χ0v) is 19.0. The Labute approximate surface area is 199 Å². The van der Waals surface area contributed by atoms with Crippen LogP contribution in [0.2, 0.25) is 0 Å². The molecule has 0 radical (unpaired) electrons. The number of nitrogens with zero attached hydrogens (tertiary/aromatic N) is 5. The molecule has 5 heterocycles. The zero-order valence-electron chi connectivity index (χ0n) is 19.0. The third kappa shape index (κ3) is 3.67. The number of nitrogens with one attached hydrogen (secondary N) is 3. The smallest absolute Gasteiger partial charge is 0.159 e. The Kier molecular flexibility index (Phi) is 4.95. The lowest BCUT2D eigenvalue weighted by Crippen LogP contribution is -2.09. The van der Waals surface area contributed by atoms with E-state index in [0.717, 1.165) is 16.8 Å². The van der Waals surface area contributed by atoms with Gasteiger partial charge >= 0.3 is 0 Å². The summed E-state index contributed by atoms with van der Waals surface area (Å²) in [6.07, 6.45) is 8.54. The number of imidazole rings is 1. The maximum Gasteiger partial charge on any atom is 0.159 e. The number of halogens is 1. The van der Waals surface area contributed by atoms with Crippen molar-refractivity contribution in [3.63, 3.8) is 0 Å².